The van der Waals surface area contributed by atoms with Crippen LogP contribution in [0.5, 0.6) is 0 Å². The summed E-state index contributed by atoms with van der Waals surface area (Å²) in [7, 11) is 1.62. The van der Waals surface area contributed by atoms with Crippen molar-refractivity contribution >= 4 is 23.0 Å². The third-order valence-corrected chi connectivity index (χ3v) is 4.58. The van der Waals surface area contributed by atoms with Gasteiger partial charge in [0.05, 0.1) is 22.6 Å². The van der Waals surface area contributed by atoms with Crippen LogP contribution in [0.15, 0.2) is 10.6 Å². The maximum Gasteiger partial charge on any atom is 0.308 e. The number of nitrogens with zero attached hydrogens (tertiary/aromatic N) is 3. The molecule has 1 fully saturated rings. The normalized spacial score (nSPS) is 15.6. The minimum Gasteiger partial charge on any atom is -0.481 e. The first kappa shape index (κ1) is 17.4. The minimum absolute atomic E-state index is 0.0876. The van der Waals surface area contributed by atoms with Crippen LogP contribution in [0.1, 0.15) is 67.2 Å². The highest BCUT2D eigenvalue weighted by Gasteiger charge is 2.30. The molecule has 2 heterocycles. The molecule has 7 nitrogen and oxygen atoms in total. The van der Waals surface area contributed by atoms with Crippen molar-refractivity contribution in [3.05, 3.63) is 23.0 Å². The number of carbonyl (C=O) groups excluding carboxylic acids is 1. The lowest BCUT2D eigenvalue weighted by Gasteiger charge is -2.20. The van der Waals surface area contributed by atoms with E-state index in [4.69, 9.17) is 9.63 Å². The highest BCUT2D eigenvalue weighted by molar-refractivity contribution is 6.06. The first-order valence-electron chi connectivity index (χ1n) is 8.58. The van der Waals surface area contributed by atoms with Gasteiger partial charge in [-0.15, -0.1) is 0 Å². The molecule has 1 saturated carbocycles. The summed E-state index contributed by atoms with van der Waals surface area (Å²) in [4.78, 5) is 30.1. The fraction of sp³-hybridized carbons (Fsp3) is 0.556. The van der Waals surface area contributed by atoms with Crippen LogP contribution in [0.4, 0.5) is 0 Å². The van der Waals surface area contributed by atoms with E-state index in [1.54, 1.807) is 14.0 Å². The van der Waals surface area contributed by atoms with Crippen LogP contribution in [0.2, 0.25) is 0 Å². The Hall–Kier alpha value is -2.44. The number of carboxylic acids is 1. The van der Waals surface area contributed by atoms with E-state index in [0.717, 1.165) is 18.5 Å². The Morgan fingerprint density at radius 1 is 1.36 bits per heavy atom. The number of aliphatic carboxylic acids is 1. The van der Waals surface area contributed by atoms with Gasteiger partial charge in [-0.3, -0.25) is 9.59 Å². The molecule has 1 aliphatic rings. The Kier molecular flexibility index (Phi) is 4.49. The predicted molar refractivity (Wildman–Crippen MR) is 91.6 cm³/mol. The average Bonchev–Trinajstić information content (AvgIpc) is 3.31. The number of pyridine rings is 1. The van der Waals surface area contributed by atoms with Crippen molar-refractivity contribution in [3.63, 3.8) is 0 Å². The van der Waals surface area contributed by atoms with Crippen LogP contribution in [0, 0.1) is 5.92 Å². The molecule has 25 heavy (non-hydrogen) atoms. The largest absolute Gasteiger partial charge is 0.481 e. The van der Waals surface area contributed by atoms with E-state index in [0.29, 0.717) is 28.3 Å². The van der Waals surface area contributed by atoms with E-state index >= 15 is 0 Å². The molecule has 1 atom stereocenters. The molecule has 1 aliphatic carbocycles. The number of hydrogen-bond acceptors (Lipinski definition) is 5. The van der Waals surface area contributed by atoms with Gasteiger partial charge in [0, 0.05) is 25.2 Å². The van der Waals surface area contributed by atoms with Crippen LogP contribution in [-0.2, 0) is 4.79 Å². The summed E-state index contributed by atoms with van der Waals surface area (Å²) < 4.78 is 5.39. The van der Waals surface area contributed by atoms with Gasteiger partial charge in [0.2, 0.25) is 0 Å². The van der Waals surface area contributed by atoms with Gasteiger partial charge >= 0.3 is 5.97 Å². The molecule has 134 valence electrons. The molecule has 0 radical (unpaired) electrons. The summed E-state index contributed by atoms with van der Waals surface area (Å²) in [5.41, 5.74) is 2.43. The molecule has 0 aliphatic heterocycles. The molecule has 7 heteroatoms. The van der Waals surface area contributed by atoms with Crippen LogP contribution < -0.4 is 0 Å². The van der Waals surface area contributed by atoms with Crippen molar-refractivity contribution in [2.75, 3.05) is 13.6 Å². The Labute approximate surface area is 146 Å². The molecule has 0 saturated heterocycles. The number of aromatic nitrogens is 2. The third kappa shape index (κ3) is 3.36. The van der Waals surface area contributed by atoms with Crippen molar-refractivity contribution in [1.29, 1.82) is 0 Å². The van der Waals surface area contributed by atoms with Crippen molar-refractivity contribution in [2.24, 2.45) is 5.92 Å². The van der Waals surface area contributed by atoms with Gasteiger partial charge in [-0.05, 0) is 24.8 Å². The van der Waals surface area contributed by atoms with Gasteiger partial charge in [0.25, 0.3) is 11.6 Å². The molecule has 0 spiro atoms. The lowest BCUT2D eigenvalue weighted by Crippen LogP contribution is -2.34. The van der Waals surface area contributed by atoms with Crippen LogP contribution in [0.3, 0.4) is 0 Å². The third-order valence-electron chi connectivity index (χ3n) is 4.58. The SMILES string of the molecule is CC(CN(C)C(=O)c1cc(C2CC2)nc2onc(C(C)C)c12)C(=O)O. The standard InChI is InChI=1S/C18H23N3O4/c1-9(2)15-14-12(17(22)21(4)8-10(3)18(23)24)7-13(11-5-6-11)19-16(14)25-20-15/h7,9-11H,5-6,8H2,1-4H3,(H,23,24). The lowest BCUT2D eigenvalue weighted by molar-refractivity contribution is -0.141. The van der Waals surface area contributed by atoms with E-state index in [-0.39, 0.29) is 18.4 Å². The number of carboxylic acid groups (broad SMARTS) is 1. The Bertz CT molecular complexity index is 823. The van der Waals surface area contributed by atoms with Crippen molar-refractivity contribution in [2.45, 2.75) is 45.4 Å². The molecule has 3 rings (SSSR count). The molecule has 1 unspecified atom stereocenters. The fourth-order valence-electron chi connectivity index (χ4n) is 2.92. The smallest absolute Gasteiger partial charge is 0.308 e. The summed E-state index contributed by atoms with van der Waals surface area (Å²) >= 11 is 0. The van der Waals surface area contributed by atoms with Crippen molar-refractivity contribution < 1.29 is 19.2 Å². The molecule has 0 aromatic carbocycles. The Morgan fingerprint density at radius 3 is 2.60 bits per heavy atom. The Balaban J connectivity index is 2.04. The summed E-state index contributed by atoms with van der Waals surface area (Å²) in [5.74, 6) is -1.34. The van der Waals surface area contributed by atoms with E-state index < -0.39 is 11.9 Å². The number of fused-ring (bicyclic) bond motifs is 1. The number of amides is 1. The zero-order valence-corrected chi connectivity index (χ0v) is 14.9. The van der Waals surface area contributed by atoms with E-state index in [9.17, 15) is 9.59 Å². The second-order valence-electron chi connectivity index (χ2n) is 7.20. The average molecular weight is 345 g/mol. The molecular weight excluding hydrogens is 322 g/mol. The van der Waals surface area contributed by atoms with Gasteiger partial charge in [-0.1, -0.05) is 25.9 Å². The number of carbonyl (C=O) groups is 2. The Morgan fingerprint density at radius 2 is 2.04 bits per heavy atom. The molecule has 2 aromatic rings. The van der Waals surface area contributed by atoms with Gasteiger partial charge in [-0.2, -0.15) is 0 Å². The first-order valence-corrected chi connectivity index (χ1v) is 8.58. The van der Waals surface area contributed by atoms with E-state index in [1.165, 1.54) is 4.90 Å². The molecule has 0 bridgehead atoms. The summed E-state index contributed by atoms with van der Waals surface area (Å²) in [6.45, 7) is 5.69. The first-order chi connectivity index (χ1) is 11.8. The number of rotatable bonds is 6. The van der Waals surface area contributed by atoms with Gasteiger partial charge in [-0.25, -0.2) is 4.98 Å². The topological polar surface area (TPSA) is 96.5 Å². The molecule has 1 amide bonds. The van der Waals surface area contributed by atoms with Gasteiger partial charge < -0.3 is 14.5 Å². The zero-order chi connectivity index (χ0) is 18.3. The minimum atomic E-state index is -0.925. The van der Waals surface area contributed by atoms with E-state index in [2.05, 4.69) is 10.1 Å². The van der Waals surface area contributed by atoms with Crippen molar-refractivity contribution in [1.82, 2.24) is 15.0 Å². The van der Waals surface area contributed by atoms with Gasteiger partial charge in [0.1, 0.15) is 0 Å². The summed E-state index contributed by atoms with van der Waals surface area (Å²) in [5, 5.41) is 13.8. The highest BCUT2D eigenvalue weighted by atomic mass is 16.5. The van der Waals surface area contributed by atoms with Crippen molar-refractivity contribution in [3.8, 4) is 0 Å². The maximum absolute atomic E-state index is 13.0. The van der Waals surface area contributed by atoms with E-state index in [1.807, 2.05) is 19.9 Å². The second-order valence-corrected chi connectivity index (χ2v) is 7.20. The van der Waals surface area contributed by atoms with Crippen LogP contribution in [0.25, 0.3) is 11.1 Å². The monoisotopic (exact) mass is 345 g/mol. The predicted octanol–water partition coefficient (Wildman–Crippen LogP) is 3.02. The van der Waals surface area contributed by atoms with Gasteiger partial charge in [0.15, 0.2) is 0 Å². The van der Waals surface area contributed by atoms with Crippen LogP contribution >= 0.6 is 0 Å². The lowest BCUT2D eigenvalue weighted by atomic mass is 10.0. The number of hydrogen-bond donors (Lipinski definition) is 1. The quantitative estimate of drug-likeness (QED) is 0.864. The van der Waals surface area contributed by atoms with Crippen LogP contribution in [-0.4, -0.2) is 45.6 Å². The molecule has 2 aromatic heterocycles. The highest BCUT2D eigenvalue weighted by Crippen LogP contribution is 2.41. The summed E-state index contributed by atoms with van der Waals surface area (Å²) in [6, 6.07) is 1.83. The second kappa shape index (κ2) is 6.46. The fourth-order valence-corrected chi connectivity index (χ4v) is 2.92. The maximum atomic E-state index is 13.0. The molecule has 1 N–H and O–H groups in total. The summed E-state index contributed by atoms with van der Waals surface area (Å²) in [6.07, 6.45) is 2.12. The molecular formula is C18H23N3O4. The zero-order valence-electron chi connectivity index (χ0n) is 14.9.